The van der Waals surface area contributed by atoms with Gasteiger partial charge in [0.1, 0.15) is 11.6 Å². The number of carbonyl (C=O) groups is 1. The standard InChI is InChI=1S/C13H19FN2O3/c1-13(2,18)8-16(3)12(17)15-10-6-5-9(14)7-11(10)19-4/h5-7,18H,8H2,1-4H3,(H,15,17). The number of halogens is 1. The van der Waals surface area contributed by atoms with Crippen molar-refractivity contribution in [1.82, 2.24) is 4.90 Å². The summed E-state index contributed by atoms with van der Waals surface area (Å²) in [6.45, 7) is 3.38. The lowest BCUT2D eigenvalue weighted by molar-refractivity contribution is 0.0550. The highest BCUT2D eigenvalue weighted by Crippen LogP contribution is 2.25. The van der Waals surface area contributed by atoms with Crippen molar-refractivity contribution in [3.63, 3.8) is 0 Å². The molecule has 0 saturated carbocycles. The van der Waals surface area contributed by atoms with Crippen LogP contribution in [0.2, 0.25) is 0 Å². The van der Waals surface area contributed by atoms with Crippen LogP contribution in [-0.4, -0.2) is 42.3 Å². The molecule has 0 fully saturated rings. The van der Waals surface area contributed by atoms with Gasteiger partial charge in [-0.15, -0.1) is 0 Å². The molecule has 2 N–H and O–H groups in total. The second kappa shape index (κ2) is 5.88. The fourth-order valence-electron chi connectivity index (χ4n) is 1.63. The third kappa shape index (κ3) is 4.75. The number of likely N-dealkylation sites (N-methyl/N-ethyl adjacent to an activating group) is 1. The molecule has 0 aliphatic rings. The van der Waals surface area contributed by atoms with E-state index in [0.29, 0.717) is 5.69 Å². The lowest BCUT2D eigenvalue weighted by Gasteiger charge is -2.26. The van der Waals surface area contributed by atoms with Gasteiger partial charge in [0.2, 0.25) is 0 Å². The number of nitrogens with one attached hydrogen (secondary N) is 1. The molecule has 0 aliphatic carbocycles. The Morgan fingerprint density at radius 1 is 1.53 bits per heavy atom. The smallest absolute Gasteiger partial charge is 0.321 e. The number of anilines is 1. The fourth-order valence-corrected chi connectivity index (χ4v) is 1.63. The van der Waals surface area contributed by atoms with E-state index in [9.17, 15) is 14.3 Å². The van der Waals surface area contributed by atoms with Crippen molar-refractivity contribution < 1.29 is 19.0 Å². The number of ether oxygens (including phenoxy) is 1. The number of methoxy groups -OCH3 is 1. The van der Waals surface area contributed by atoms with Crippen molar-refractivity contribution >= 4 is 11.7 Å². The second-order valence-electron chi connectivity index (χ2n) is 4.94. The summed E-state index contributed by atoms with van der Waals surface area (Å²) in [4.78, 5) is 13.2. The molecule has 0 unspecified atom stereocenters. The lowest BCUT2D eigenvalue weighted by atomic mass is 10.1. The first-order valence-corrected chi connectivity index (χ1v) is 5.81. The van der Waals surface area contributed by atoms with Crippen LogP contribution in [0.1, 0.15) is 13.8 Å². The zero-order valence-corrected chi connectivity index (χ0v) is 11.5. The Balaban J connectivity index is 2.77. The lowest BCUT2D eigenvalue weighted by Crippen LogP contribution is -2.41. The quantitative estimate of drug-likeness (QED) is 0.880. The van der Waals surface area contributed by atoms with E-state index in [-0.39, 0.29) is 12.3 Å². The topological polar surface area (TPSA) is 61.8 Å². The number of hydrogen-bond donors (Lipinski definition) is 2. The highest BCUT2D eigenvalue weighted by atomic mass is 19.1. The van der Waals surface area contributed by atoms with E-state index in [1.807, 2.05) is 0 Å². The molecule has 0 saturated heterocycles. The van der Waals surface area contributed by atoms with Crippen LogP contribution in [0.15, 0.2) is 18.2 Å². The summed E-state index contributed by atoms with van der Waals surface area (Å²) in [6, 6.07) is 3.43. The van der Waals surface area contributed by atoms with Crippen molar-refractivity contribution in [2.75, 3.05) is 26.0 Å². The normalized spacial score (nSPS) is 11.1. The maximum Gasteiger partial charge on any atom is 0.321 e. The molecule has 0 radical (unpaired) electrons. The Bertz CT molecular complexity index is 458. The number of benzene rings is 1. The summed E-state index contributed by atoms with van der Waals surface area (Å²) in [5, 5.41) is 12.2. The van der Waals surface area contributed by atoms with Gasteiger partial charge in [0.25, 0.3) is 0 Å². The van der Waals surface area contributed by atoms with Crippen LogP contribution in [0.3, 0.4) is 0 Å². The summed E-state index contributed by atoms with van der Waals surface area (Å²) in [5.41, 5.74) is -0.615. The maximum atomic E-state index is 13.0. The molecule has 19 heavy (non-hydrogen) atoms. The number of hydrogen-bond acceptors (Lipinski definition) is 3. The van der Waals surface area contributed by atoms with Gasteiger partial charge in [-0.25, -0.2) is 9.18 Å². The van der Waals surface area contributed by atoms with Crippen LogP contribution in [0.25, 0.3) is 0 Å². The van der Waals surface area contributed by atoms with Gasteiger partial charge in [0.05, 0.1) is 24.9 Å². The van der Waals surface area contributed by atoms with E-state index >= 15 is 0 Å². The van der Waals surface area contributed by atoms with Gasteiger partial charge in [0, 0.05) is 13.1 Å². The van der Waals surface area contributed by atoms with Gasteiger partial charge in [-0.3, -0.25) is 0 Å². The third-order valence-corrected chi connectivity index (χ3v) is 2.38. The second-order valence-corrected chi connectivity index (χ2v) is 4.94. The van der Waals surface area contributed by atoms with Gasteiger partial charge in [-0.2, -0.15) is 0 Å². The van der Waals surface area contributed by atoms with Crippen molar-refractivity contribution in [1.29, 1.82) is 0 Å². The molecule has 2 amide bonds. The first kappa shape index (κ1) is 15.2. The Morgan fingerprint density at radius 3 is 2.68 bits per heavy atom. The van der Waals surface area contributed by atoms with E-state index in [1.54, 1.807) is 20.9 Å². The Hall–Kier alpha value is -1.82. The summed E-state index contributed by atoms with van der Waals surface area (Å²) in [5.74, 6) is -0.204. The molecule has 0 atom stereocenters. The van der Waals surface area contributed by atoms with E-state index < -0.39 is 17.4 Å². The van der Waals surface area contributed by atoms with E-state index in [1.165, 1.54) is 30.2 Å². The van der Waals surface area contributed by atoms with Crippen molar-refractivity contribution in [2.24, 2.45) is 0 Å². The van der Waals surface area contributed by atoms with Crippen LogP contribution in [-0.2, 0) is 0 Å². The first-order valence-electron chi connectivity index (χ1n) is 5.81. The van der Waals surface area contributed by atoms with Crippen LogP contribution in [0, 0.1) is 5.82 Å². The Labute approximate surface area is 112 Å². The number of nitrogens with zero attached hydrogens (tertiary/aromatic N) is 1. The van der Waals surface area contributed by atoms with E-state index in [4.69, 9.17) is 4.74 Å². The zero-order valence-electron chi connectivity index (χ0n) is 11.5. The maximum absolute atomic E-state index is 13.0. The molecule has 0 spiro atoms. The molecular formula is C13H19FN2O3. The van der Waals surface area contributed by atoms with Crippen molar-refractivity contribution in [3.8, 4) is 5.75 Å². The SMILES string of the molecule is COc1cc(F)ccc1NC(=O)N(C)CC(C)(C)O. The highest BCUT2D eigenvalue weighted by molar-refractivity contribution is 5.90. The molecule has 0 bridgehead atoms. The van der Waals surface area contributed by atoms with Crippen molar-refractivity contribution in [3.05, 3.63) is 24.0 Å². The fraction of sp³-hybridized carbons (Fsp3) is 0.462. The van der Waals surface area contributed by atoms with Crippen LogP contribution >= 0.6 is 0 Å². The number of rotatable bonds is 4. The van der Waals surface area contributed by atoms with E-state index in [0.717, 1.165) is 0 Å². The minimum atomic E-state index is -0.987. The summed E-state index contributed by atoms with van der Waals surface area (Å²) < 4.78 is 18.0. The highest BCUT2D eigenvalue weighted by Gasteiger charge is 2.20. The number of aliphatic hydroxyl groups is 1. The minimum Gasteiger partial charge on any atom is -0.494 e. The zero-order chi connectivity index (χ0) is 14.6. The summed E-state index contributed by atoms with van der Waals surface area (Å²) in [6.07, 6.45) is 0. The first-order chi connectivity index (χ1) is 8.73. The Kier molecular flexibility index (Phi) is 4.72. The van der Waals surface area contributed by atoms with Gasteiger partial charge in [-0.05, 0) is 26.0 Å². The van der Waals surface area contributed by atoms with Gasteiger partial charge < -0.3 is 20.1 Å². The molecule has 1 aromatic carbocycles. The van der Waals surface area contributed by atoms with Gasteiger partial charge in [0.15, 0.2) is 0 Å². The van der Waals surface area contributed by atoms with Crippen molar-refractivity contribution in [2.45, 2.75) is 19.4 Å². The van der Waals surface area contributed by atoms with Gasteiger partial charge >= 0.3 is 6.03 Å². The number of amides is 2. The van der Waals surface area contributed by atoms with Crippen LogP contribution < -0.4 is 10.1 Å². The molecule has 106 valence electrons. The molecule has 0 aliphatic heterocycles. The molecule has 5 nitrogen and oxygen atoms in total. The Morgan fingerprint density at radius 2 is 2.16 bits per heavy atom. The van der Waals surface area contributed by atoms with Gasteiger partial charge in [-0.1, -0.05) is 0 Å². The number of urea groups is 1. The minimum absolute atomic E-state index is 0.169. The largest absolute Gasteiger partial charge is 0.494 e. The predicted molar refractivity (Wildman–Crippen MR) is 70.9 cm³/mol. The molecular weight excluding hydrogens is 251 g/mol. The summed E-state index contributed by atoms with van der Waals surface area (Å²) >= 11 is 0. The monoisotopic (exact) mass is 270 g/mol. The third-order valence-electron chi connectivity index (χ3n) is 2.38. The molecule has 1 rings (SSSR count). The molecule has 0 aromatic heterocycles. The average molecular weight is 270 g/mol. The van der Waals surface area contributed by atoms with E-state index in [2.05, 4.69) is 5.32 Å². The summed E-state index contributed by atoms with van der Waals surface area (Å²) in [7, 11) is 2.95. The molecule has 1 aromatic rings. The number of carbonyl (C=O) groups excluding carboxylic acids is 1. The van der Waals surface area contributed by atoms with Crippen LogP contribution in [0.5, 0.6) is 5.75 Å². The molecule has 0 heterocycles. The molecule has 6 heteroatoms. The van der Waals surface area contributed by atoms with Crippen LogP contribution in [0.4, 0.5) is 14.9 Å². The predicted octanol–water partition coefficient (Wildman–Crippen LogP) is 2.07. The average Bonchev–Trinajstić information content (AvgIpc) is 2.29.